The van der Waals surface area contributed by atoms with Gasteiger partial charge in [0, 0.05) is 60.9 Å². The molecule has 2 unspecified atom stereocenters. The van der Waals surface area contributed by atoms with Crippen molar-refractivity contribution in [2.45, 2.75) is 67.8 Å². The number of amides is 1. The van der Waals surface area contributed by atoms with Crippen LogP contribution in [-0.4, -0.2) is 65.0 Å². The molecule has 1 aromatic heterocycles. The van der Waals surface area contributed by atoms with Gasteiger partial charge in [-0.05, 0) is 96.4 Å². The molecule has 4 N–H and O–H groups in total. The van der Waals surface area contributed by atoms with Crippen LogP contribution in [-0.2, 0) is 32.5 Å². The van der Waals surface area contributed by atoms with Gasteiger partial charge >= 0.3 is 0 Å². The van der Waals surface area contributed by atoms with Gasteiger partial charge in [0.25, 0.3) is 5.91 Å². The van der Waals surface area contributed by atoms with Crippen molar-refractivity contribution in [3.05, 3.63) is 99.7 Å². The number of nitrogens with zero attached hydrogens (tertiary/aromatic N) is 1. The van der Waals surface area contributed by atoms with Gasteiger partial charge in [-0.1, -0.05) is 24.3 Å². The maximum absolute atomic E-state index is 13.9. The summed E-state index contributed by atoms with van der Waals surface area (Å²) in [6.07, 6.45) is 2.91. The van der Waals surface area contributed by atoms with Crippen LogP contribution in [0.4, 0.5) is 5.69 Å². The SMILES string of the molecule is COC1OC(OC)c2cc3cc(C(=O)Nc4cccc5c6c([nH]c45)[C@@H]4Oc5c(O)ccc7c5[C@@]45CCN(CC4CC4)[C@@H](C7)[C@]5(O)C6)ccc3cc21. The van der Waals surface area contributed by atoms with Crippen molar-refractivity contribution in [3.63, 3.8) is 0 Å². The lowest BCUT2D eigenvalue weighted by Gasteiger charge is -2.62. The van der Waals surface area contributed by atoms with Gasteiger partial charge in [0.15, 0.2) is 30.2 Å². The quantitative estimate of drug-likeness (QED) is 0.164. The Morgan fingerprint density at radius 1 is 1.04 bits per heavy atom. The fourth-order valence-corrected chi connectivity index (χ4v) is 10.5. The summed E-state index contributed by atoms with van der Waals surface area (Å²) in [7, 11) is 3.21. The molecule has 4 aromatic carbocycles. The molecule has 6 atom stereocenters. The average molecular weight is 686 g/mol. The molecule has 1 amide bonds. The van der Waals surface area contributed by atoms with E-state index >= 15 is 0 Å². The zero-order valence-corrected chi connectivity index (χ0v) is 28.5. The van der Waals surface area contributed by atoms with E-state index in [-0.39, 0.29) is 17.7 Å². The molecule has 1 saturated heterocycles. The average Bonchev–Trinajstić information content (AvgIpc) is 3.62. The second-order valence-corrected chi connectivity index (χ2v) is 15.4. The van der Waals surface area contributed by atoms with Gasteiger partial charge in [0.2, 0.25) is 0 Å². The Hall–Kier alpha value is -4.45. The van der Waals surface area contributed by atoms with Crippen molar-refractivity contribution in [1.82, 2.24) is 9.88 Å². The third kappa shape index (κ3) is 3.91. The van der Waals surface area contributed by atoms with E-state index in [9.17, 15) is 15.0 Å². The van der Waals surface area contributed by atoms with E-state index in [0.717, 1.165) is 81.1 Å². The predicted molar refractivity (Wildman–Crippen MR) is 189 cm³/mol. The lowest BCUT2D eigenvalue weighted by atomic mass is 9.49. The van der Waals surface area contributed by atoms with E-state index in [0.29, 0.717) is 29.3 Å². The number of ether oxygens (including phenoxy) is 4. The Bertz CT molecular complexity index is 2330. The number of methoxy groups -OCH3 is 2. The molecular formula is C41H39N3O7. The number of aromatic nitrogens is 1. The first-order valence-electron chi connectivity index (χ1n) is 18.0. The number of nitrogens with one attached hydrogen (secondary N) is 2. The fourth-order valence-electron chi connectivity index (χ4n) is 10.5. The number of aromatic hydroxyl groups is 1. The smallest absolute Gasteiger partial charge is 0.255 e. The molecule has 51 heavy (non-hydrogen) atoms. The number of aliphatic hydroxyl groups is 1. The highest BCUT2D eigenvalue weighted by Crippen LogP contribution is 2.69. The molecule has 6 aliphatic rings. The van der Waals surface area contributed by atoms with Gasteiger partial charge in [-0.25, -0.2) is 0 Å². The van der Waals surface area contributed by atoms with E-state index in [4.69, 9.17) is 18.9 Å². The topological polar surface area (TPSA) is 126 Å². The molecular weight excluding hydrogens is 646 g/mol. The number of H-pyrrole nitrogens is 1. The van der Waals surface area contributed by atoms with Crippen LogP contribution in [0.5, 0.6) is 11.5 Å². The van der Waals surface area contributed by atoms with Crippen LogP contribution in [0.15, 0.2) is 60.7 Å². The Morgan fingerprint density at radius 2 is 1.84 bits per heavy atom. The number of carbonyl (C=O) groups excluding carboxylic acids is 1. The highest BCUT2D eigenvalue weighted by molar-refractivity contribution is 6.10. The van der Waals surface area contributed by atoms with Crippen LogP contribution in [0.25, 0.3) is 21.7 Å². The third-order valence-electron chi connectivity index (χ3n) is 12.9. The molecule has 11 rings (SSSR count). The molecule has 1 saturated carbocycles. The maximum atomic E-state index is 13.9. The van der Waals surface area contributed by atoms with E-state index in [1.807, 2.05) is 48.5 Å². The molecule has 260 valence electrons. The first-order chi connectivity index (χ1) is 24.8. The number of para-hydroxylation sites is 1. The highest BCUT2D eigenvalue weighted by Gasteiger charge is 2.73. The molecule has 10 heteroatoms. The van der Waals surface area contributed by atoms with Gasteiger partial charge in [-0.2, -0.15) is 0 Å². The Kier molecular flexibility index (Phi) is 6.12. The van der Waals surface area contributed by atoms with Crippen LogP contribution in [0.2, 0.25) is 0 Å². The number of phenols is 1. The lowest BCUT2D eigenvalue weighted by molar-refractivity contribution is -0.217. The van der Waals surface area contributed by atoms with Crippen molar-refractivity contribution in [2.75, 3.05) is 32.6 Å². The van der Waals surface area contributed by atoms with Crippen molar-refractivity contribution in [1.29, 1.82) is 0 Å². The number of hydrogen-bond acceptors (Lipinski definition) is 8. The molecule has 5 aromatic rings. The standard InChI is InChI=1S/C41H39N3O7/c1-48-38-26-15-21-8-9-23(14-24(21)16-27(26)39(49-2)51-38)37(46)42-29-5-3-4-25-28-18-41(47)31-17-22-10-11-30(45)35-32(22)40(41,12-13-44(31)19-20-6-7-20)36(50-35)34(28)43-33(25)29/h3-5,8-11,14-16,20,31,36,38-39,43,45,47H,6-7,12-13,17-19H2,1-2H3,(H,42,46)/t31-,36-,38?,39?,40-,41+/m0/s1. The van der Waals surface area contributed by atoms with Crippen LogP contribution in [0, 0.1) is 5.92 Å². The summed E-state index contributed by atoms with van der Waals surface area (Å²) in [5, 5.41) is 30.3. The molecule has 0 radical (unpaired) electrons. The molecule has 4 heterocycles. The molecule has 10 nitrogen and oxygen atoms in total. The molecule has 3 aliphatic heterocycles. The second-order valence-electron chi connectivity index (χ2n) is 15.4. The minimum absolute atomic E-state index is 0.0535. The van der Waals surface area contributed by atoms with Crippen LogP contribution < -0.4 is 10.1 Å². The summed E-state index contributed by atoms with van der Waals surface area (Å²) in [5.41, 5.74) is 6.09. The van der Waals surface area contributed by atoms with Gasteiger partial charge in [-0.3, -0.25) is 9.69 Å². The first kappa shape index (κ1) is 30.2. The molecule has 3 aliphatic carbocycles. The first-order valence-corrected chi connectivity index (χ1v) is 18.0. The summed E-state index contributed by atoms with van der Waals surface area (Å²) >= 11 is 0. The number of fused-ring (bicyclic) bond motifs is 6. The lowest BCUT2D eigenvalue weighted by Crippen LogP contribution is -2.74. The van der Waals surface area contributed by atoms with Crippen LogP contribution in [0.1, 0.15) is 81.8 Å². The normalized spacial score (nSPS) is 29.9. The number of hydrogen-bond donors (Lipinski definition) is 4. The molecule has 2 bridgehead atoms. The number of carbonyl (C=O) groups is 1. The number of anilines is 1. The van der Waals surface area contributed by atoms with Gasteiger partial charge in [0.05, 0.1) is 27.9 Å². The number of aromatic amines is 1. The van der Waals surface area contributed by atoms with Crippen molar-refractivity contribution >= 4 is 33.3 Å². The number of benzene rings is 4. The van der Waals surface area contributed by atoms with E-state index in [1.54, 1.807) is 20.3 Å². The predicted octanol–water partition coefficient (Wildman–Crippen LogP) is 6.30. The van der Waals surface area contributed by atoms with Crippen LogP contribution in [0.3, 0.4) is 0 Å². The second kappa shape index (κ2) is 10.3. The summed E-state index contributed by atoms with van der Waals surface area (Å²) in [6, 6.07) is 19.3. The minimum Gasteiger partial charge on any atom is -0.504 e. The highest BCUT2D eigenvalue weighted by atomic mass is 16.8. The number of likely N-dealkylation sites (tertiary alicyclic amines) is 1. The minimum atomic E-state index is -1.08. The van der Waals surface area contributed by atoms with Crippen molar-refractivity contribution in [2.24, 2.45) is 5.92 Å². The van der Waals surface area contributed by atoms with Crippen molar-refractivity contribution in [3.8, 4) is 11.5 Å². The van der Waals surface area contributed by atoms with Gasteiger partial charge < -0.3 is 39.5 Å². The summed E-state index contributed by atoms with van der Waals surface area (Å²) in [6.45, 7) is 1.90. The molecule has 1 spiro atoms. The monoisotopic (exact) mass is 685 g/mol. The zero-order valence-electron chi connectivity index (χ0n) is 28.5. The zero-order chi connectivity index (χ0) is 34.4. The summed E-state index contributed by atoms with van der Waals surface area (Å²) in [5.74, 6) is 1.10. The Balaban J connectivity index is 0.985. The Morgan fingerprint density at radius 3 is 2.63 bits per heavy atom. The van der Waals surface area contributed by atoms with Crippen LogP contribution >= 0.6 is 0 Å². The van der Waals surface area contributed by atoms with Gasteiger partial charge in [0.1, 0.15) is 0 Å². The summed E-state index contributed by atoms with van der Waals surface area (Å²) in [4.78, 5) is 20.1. The Labute approximate surface area is 294 Å². The third-order valence-corrected chi connectivity index (χ3v) is 12.9. The van der Waals surface area contributed by atoms with E-state index in [1.165, 1.54) is 12.8 Å². The van der Waals surface area contributed by atoms with Gasteiger partial charge in [-0.15, -0.1) is 0 Å². The molecule has 2 fully saturated rings. The summed E-state index contributed by atoms with van der Waals surface area (Å²) < 4.78 is 23.7. The maximum Gasteiger partial charge on any atom is 0.255 e. The van der Waals surface area contributed by atoms with E-state index in [2.05, 4.69) is 21.3 Å². The fraction of sp³-hybridized carbons (Fsp3) is 0.390. The van der Waals surface area contributed by atoms with Crippen molar-refractivity contribution < 1.29 is 34.0 Å². The number of piperidine rings is 1. The largest absolute Gasteiger partial charge is 0.504 e. The van der Waals surface area contributed by atoms with E-state index < -0.39 is 29.7 Å². The number of rotatable bonds is 6. The number of phenolic OH excluding ortho intramolecular Hbond substituents is 1.